The lowest BCUT2D eigenvalue weighted by molar-refractivity contribution is 1.05. The second kappa shape index (κ2) is 13.5. The molecule has 0 saturated carbocycles. The first-order valence-corrected chi connectivity index (χ1v) is 19.1. The van der Waals surface area contributed by atoms with E-state index in [4.69, 9.17) is 19.9 Å². The molecule has 0 unspecified atom stereocenters. The summed E-state index contributed by atoms with van der Waals surface area (Å²) in [6.07, 6.45) is 0. The minimum atomic E-state index is 0.681. The van der Waals surface area contributed by atoms with Crippen LogP contribution in [0.5, 0.6) is 0 Å². The third-order valence-electron chi connectivity index (χ3n) is 10.8. The normalized spacial score (nSPS) is 11.5. The van der Waals surface area contributed by atoms with Crippen LogP contribution >= 0.6 is 0 Å². The maximum atomic E-state index is 5.31. The molecule has 0 bridgehead atoms. The van der Waals surface area contributed by atoms with Gasteiger partial charge in [-0.1, -0.05) is 182 Å². The van der Waals surface area contributed by atoms with Crippen LogP contribution in [0.1, 0.15) is 0 Å². The van der Waals surface area contributed by atoms with Gasteiger partial charge in [0.1, 0.15) is 11.5 Å². The second-order valence-electron chi connectivity index (χ2n) is 14.3. The molecule has 0 atom stereocenters. The van der Waals surface area contributed by atoms with Gasteiger partial charge in [-0.05, 0) is 45.3 Å². The van der Waals surface area contributed by atoms with E-state index in [1.54, 1.807) is 0 Å². The van der Waals surface area contributed by atoms with Crippen molar-refractivity contribution >= 4 is 38.0 Å². The first kappa shape index (κ1) is 32.7. The summed E-state index contributed by atoms with van der Waals surface area (Å²) in [6, 6.07) is 69.7. The molecule has 3 heterocycles. The minimum absolute atomic E-state index is 0.681. The molecule has 0 aliphatic carbocycles. The highest BCUT2D eigenvalue weighted by molar-refractivity contribution is 6.06. The van der Waals surface area contributed by atoms with E-state index in [-0.39, 0.29) is 0 Å². The molecule has 5 heteroatoms. The topological polar surface area (TPSA) is 56.0 Å². The Morgan fingerprint density at radius 3 is 1.47 bits per heavy atom. The number of hydrogen-bond donors (Lipinski definition) is 0. The number of aromatic nitrogens is 5. The molecule has 57 heavy (non-hydrogen) atoms. The van der Waals surface area contributed by atoms with E-state index >= 15 is 0 Å². The number of rotatable bonds is 6. The predicted molar refractivity (Wildman–Crippen MR) is 234 cm³/mol. The highest BCUT2D eigenvalue weighted by atomic mass is 15.1. The van der Waals surface area contributed by atoms with Crippen LogP contribution in [0.25, 0.3) is 106 Å². The Morgan fingerprint density at radius 2 is 0.789 bits per heavy atom. The molecule has 0 aliphatic rings. The van der Waals surface area contributed by atoms with Gasteiger partial charge in [0.2, 0.25) is 0 Å². The van der Waals surface area contributed by atoms with Crippen LogP contribution in [-0.4, -0.2) is 24.3 Å². The van der Waals surface area contributed by atoms with Crippen LogP contribution in [0.2, 0.25) is 0 Å². The highest BCUT2D eigenvalue weighted by Crippen LogP contribution is 2.38. The monoisotopic (exact) mass is 727 g/mol. The van der Waals surface area contributed by atoms with E-state index in [1.807, 2.05) is 18.2 Å². The molecule has 0 saturated heterocycles. The van der Waals surface area contributed by atoms with Gasteiger partial charge < -0.3 is 0 Å². The first-order valence-electron chi connectivity index (χ1n) is 19.1. The summed E-state index contributed by atoms with van der Waals surface area (Å²) in [6.45, 7) is 0. The molecule has 0 radical (unpaired) electrons. The zero-order chi connectivity index (χ0) is 37.7. The molecule has 3 aromatic heterocycles. The van der Waals surface area contributed by atoms with Crippen LogP contribution in [0.15, 0.2) is 200 Å². The summed E-state index contributed by atoms with van der Waals surface area (Å²) in [7, 11) is 0. The Kier molecular flexibility index (Phi) is 7.74. The van der Waals surface area contributed by atoms with Crippen molar-refractivity contribution in [1.29, 1.82) is 0 Å². The van der Waals surface area contributed by atoms with Gasteiger partial charge in [-0.2, -0.15) is 0 Å². The van der Waals surface area contributed by atoms with Gasteiger partial charge in [-0.15, -0.1) is 0 Å². The number of hydrogen-bond acceptors (Lipinski definition) is 4. The summed E-state index contributed by atoms with van der Waals surface area (Å²) >= 11 is 0. The fourth-order valence-corrected chi connectivity index (χ4v) is 7.95. The summed E-state index contributed by atoms with van der Waals surface area (Å²) in [5, 5.41) is 6.91. The summed E-state index contributed by atoms with van der Waals surface area (Å²) < 4.78 is 2.22. The molecule has 0 aliphatic heterocycles. The van der Waals surface area contributed by atoms with Crippen molar-refractivity contribution in [3.05, 3.63) is 200 Å². The van der Waals surface area contributed by atoms with Crippen molar-refractivity contribution in [2.45, 2.75) is 0 Å². The minimum Gasteiger partial charge on any atom is -0.277 e. The van der Waals surface area contributed by atoms with Crippen molar-refractivity contribution in [1.82, 2.24) is 24.3 Å². The Balaban J connectivity index is 1.10. The van der Waals surface area contributed by atoms with Crippen LogP contribution < -0.4 is 0 Å². The van der Waals surface area contributed by atoms with E-state index in [2.05, 4.69) is 186 Å². The lowest BCUT2D eigenvalue weighted by Gasteiger charge is -2.13. The molecule has 0 amide bonds. The van der Waals surface area contributed by atoms with Gasteiger partial charge in [-0.3, -0.25) is 4.40 Å². The molecular weight excluding hydrogens is 695 g/mol. The standard InChI is InChI=1S/C52H33N5/c1-3-15-37(16-4-1)48-44-21-11-12-22-45(44)52-56-49(38-17-5-2-6-18-38)55-51(57(48)52)39-27-25-36(26-28-39)46-33-47(42-29-23-34-13-7-9-19-40(34)31-42)54-50(53-46)43-30-24-35-14-8-10-20-41(35)32-43/h1-33H. The van der Waals surface area contributed by atoms with Gasteiger partial charge in [0.05, 0.1) is 17.1 Å². The van der Waals surface area contributed by atoms with E-state index in [0.29, 0.717) is 11.6 Å². The first-order chi connectivity index (χ1) is 28.2. The van der Waals surface area contributed by atoms with Crippen molar-refractivity contribution < 1.29 is 0 Å². The molecule has 11 rings (SSSR count). The molecule has 11 aromatic rings. The summed E-state index contributed by atoms with van der Waals surface area (Å²) in [4.78, 5) is 20.9. The number of fused-ring (bicyclic) bond motifs is 5. The third kappa shape index (κ3) is 5.81. The van der Waals surface area contributed by atoms with Gasteiger partial charge in [0.15, 0.2) is 11.6 Å². The van der Waals surface area contributed by atoms with E-state index in [9.17, 15) is 0 Å². The maximum Gasteiger partial charge on any atom is 0.163 e. The third-order valence-corrected chi connectivity index (χ3v) is 10.8. The molecule has 0 spiro atoms. The van der Waals surface area contributed by atoms with E-state index < -0.39 is 0 Å². The molecular formula is C52H33N5. The lowest BCUT2D eigenvalue weighted by atomic mass is 10.0. The molecule has 0 N–H and O–H groups in total. The van der Waals surface area contributed by atoms with Gasteiger partial charge in [-0.25, -0.2) is 19.9 Å². The smallest absolute Gasteiger partial charge is 0.163 e. The summed E-state index contributed by atoms with van der Waals surface area (Å²) in [5.74, 6) is 2.18. The van der Waals surface area contributed by atoms with Crippen molar-refractivity contribution in [3.8, 4) is 67.9 Å². The fraction of sp³-hybridized carbons (Fsp3) is 0. The second-order valence-corrected chi connectivity index (χ2v) is 14.3. The Labute approximate surface area is 329 Å². The van der Waals surface area contributed by atoms with Crippen molar-refractivity contribution in [3.63, 3.8) is 0 Å². The maximum absolute atomic E-state index is 5.31. The number of benzene rings is 8. The largest absolute Gasteiger partial charge is 0.277 e. The van der Waals surface area contributed by atoms with Crippen molar-refractivity contribution in [2.75, 3.05) is 0 Å². The Morgan fingerprint density at radius 1 is 0.298 bits per heavy atom. The van der Waals surface area contributed by atoms with Crippen LogP contribution in [0, 0.1) is 0 Å². The SMILES string of the molecule is c1ccc(-c2nc(-c3ccc(-c4cc(-c5ccc6ccccc6c5)nc(-c5ccc6ccccc6c5)n4)cc3)n3c(-c4ccccc4)c4ccccc4c3n2)cc1. The van der Waals surface area contributed by atoms with E-state index in [1.165, 1.54) is 16.2 Å². The Hall–Kier alpha value is -7.76. The van der Waals surface area contributed by atoms with Crippen molar-refractivity contribution in [2.24, 2.45) is 0 Å². The molecule has 266 valence electrons. The summed E-state index contributed by atoms with van der Waals surface area (Å²) in [5.41, 5.74) is 9.69. The zero-order valence-corrected chi connectivity index (χ0v) is 30.8. The number of nitrogens with zero attached hydrogens (tertiary/aromatic N) is 5. The average molecular weight is 728 g/mol. The van der Waals surface area contributed by atoms with E-state index in [0.717, 1.165) is 78.1 Å². The zero-order valence-electron chi connectivity index (χ0n) is 30.8. The van der Waals surface area contributed by atoms with Crippen LogP contribution in [0.3, 0.4) is 0 Å². The van der Waals surface area contributed by atoms with Crippen LogP contribution in [0.4, 0.5) is 0 Å². The predicted octanol–water partition coefficient (Wildman–Crippen LogP) is 13.0. The quantitative estimate of drug-likeness (QED) is 0.171. The molecule has 8 aromatic carbocycles. The van der Waals surface area contributed by atoms with Gasteiger partial charge in [0.25, 0.3) is 0 Å². The molecule has 5 nitrogen and oxygen atoms in total. The molecule has 0 fully saturated rings. The highest BCUT2D eigenvalue weighted by Gasteiger charge is 2.21. The van der Waals surface area contributed by atoms with Gasteiger partial charge >= 0.3 is 0 Å². The lowest BCUT2D eigenvalue weighted by Crippen LogP contribution is -2.03. The Bertz CT molecular complexity index is 3180. The van der Waals surface area contributed by atoms with Gasteiger partial charge in [0, 0.05) is 38.6 Å². The average Bonchev–Trinajstić information content (AvgIpc) is 3.63. The fourth-order valence-electron chi connectivity index (χ4n) is 7.95. The van der Waals surface area contributed by atoms with Crippen LogP contribution in [-0.2, 0) is 0 Å².